The summed E-state index contributed by atoms with van der Waals surface area (Å²) in [5, 5.41) is 9.09. The average molecular weight is 302 g/mol. The van der Waals surface area contributed by atoms with E-state index in [2.05, 4.69) is 26.6 Å². The van der Waals surface area contributed by atoms with Crippen LogP contribution in [0.1, 0.15) is 52.7 Å². The van der Waals surface area contributed by atoms with Gasteiger partial charge in [-0.1, -0.05) is 6.92 Å². The van der Waals surface area contributed by atoms with Gasteiger partial charge in [0.15, 0.2) is 0 Å². The van der Waals surface area contributed by atoms with E-state index in [0.29, 0.717) is 11.7 Å². The van der Waals surface area contributed by atoms with E-state index in [0.717, 1.165) is 25.2 Å². The molecule has 21 heavy (non-hydrogen) atoms. The summed E-state index contributed by atoms with van der Waals surface area (Å²) >= 11 is 1.82. The molecule has 1 unspecified atom stereocenters. The molecular weight excluding hydrogens is 284 g/mol. The maximum atomic E-state index is 12.8. The van der Waals surface area contributed by atoms with Gasteiger partial charge in [0, 0.05) is 17.8 Å². The molecule has 3 heterocycles. The van der Waals surface area contributed by atoms with Gasteiger partial charge in [0.2, 0.25) is 5.82 Å². The zero-order valence-electron chi connectivity index (χ0n) is 12.0. The summed E-state index contributed by atoms with van der Waals surface area (Å²) in [7, 11) is 0. The van der Waals surface area contributed by atoms with Crippen molar-refractivity contribution in [3.8, 4) is 0 Å². The van der Waals surface area contributed by atoms with Crippen molar-refractivity contribution in [1.82, 2.24) is 20.1 Å². The largest absolute Gasteiger partial charge is 0.328 e. The number of aryl methyl sites for hydroxylation is 1. The molecule has 1 amide bonds. The second kappa shape index (κ2) is 4.94. The van der Waals surface area contributed by atoms with Crippen LogP contribution in [-0.2, 0) is 12.8 Å². The fourth-order valence-electron chi connectivity index (χ4n) is 3.17. The van der Waals surface area contributed by atoms with E-state index < -0.39 is 0 Å². The van der Waals surface area contributed by atoms with E-state index in [-0.39, 0.29) is 11.9 Å². The number of fused-ring (bicyclic) bond motifs is 1. The van der Waals surface area contributed by atoms with Gasteiger partial charge in [-0.15, -0.1) is 16.4 Å². The van der Waals surface area contributed by atoms with E-state index in [9.17, 15) is 4.79 Å². The first-order valence-electron chi connectivity index (χ1n) is 7.56. The normalized spacial score (nSPS) is 21.4. The molecule has 2 aromatic rings. The Bertz CT molecular complexity index is 673. The molecule has 1 aliphatic heterocycles. The van der Waals surface area contributed by atoms with Gasteiger partial charge in [-0.3, -0.25) is 9.89 Å². The number of hydrogen-bond acceptors (Lipinski definition) is 4. The monoisotopic (exact) mass is 302 g/mol. The zero-order valence-corrected chi connectivity index (χ0v) is 12.8. The van der Waals surface area contributed by atoms with E-state index in [1.54, 1.807) is 0 Å². The van der Waals surface area contributed by atoms with Gasteiger partial charge in [0.05, 0.1) is 6.04 Å². The summed E-state index contributed by atoms with van der Waals surface area (Å²) < 4.78 is 0. The smallest absolute Gasteiger partial charge is 0.294 e. The Hall–Kier alpha value is -1.69. The second-order valence-corrected chi connectivity index (χ2v) is 6.79. The number of carbonyl (C=O) groups is 1. The van der Waals surface area contributed by atoms with Crippen LogP contribution in [0.15, 0.2) is 11.4 Å². The average Bonchev–Trinajstić information content (AvgIpc) is 3.04. The third-order valence-electron chi connectivity index (χ3n) is 4.40. The molecular formula is C15H18N4OS. The van der Waals surface area contributed by atoms with Crippen molar-refractivity contribution in [3.63, 3.8) is 0 Å². The van der Waals surface area contributed by atoms with Crippen molar-refractivity contribution >= 4 is 17.2 Å². The van der Waals surface area contributed by atoms with Crippen LogP contribution in [0.4, 0.5) is 0 Å². The first-order valence-corrected chi connectivity index (χ1v) is 8.44. The number of thiophene rings is 1. The number of carbonyl (C=O) groups excluding carboxylic acids is 1. The van der Waals surface area contributed by atoms with Crippen molar-refractivity contribution in [1.29, 1.82) is 0 Å². The van der Waals surface area contributed by atoms with Crippen molar-refractivity contribution in [3.05, 3.63) is 33.5 Å². The Morgan fingerprint density at radius 3 is 3.10 bits per heavy atom. The summed E-state index contributed by atoms with van der Waals surface area (Å²) in [5.74, 6) is 1.68. The molecule has 4 rings (SSSR count). The van der Waals surface area contributed by atoms with Crippen molar-refractivity contribution < 1.29 is 4.79 Å². The predicted molar refractivity (Wildman–Crippen MR) is 80.3 cm³/mol. The van der Waals surface area contributed by atoms with Crippen LogP contribution in [0.3, 0.4) is 0 Å². The summed E-state index contributed by atoms with van der Waals surface area (Å²) in [6.45, 7) is 2.78. The highest BCUT2D eigenvalue weighted by atomic mass is 32.1. The minimum absolute atomic E-state index is 0.0281. The van der Waals surface area contributed by atoms with Gasteiger partial charge in [-0.25, -0.2) is 4.98 Å². The van der Waals surface area contributed by atoms with E-state index in [1.165, 1.54) is 23.3 Å². The van der Waals surface area contributed by atoms with Crippen molar-refractivity contribution in [2.75, 3.05) is 6.54 Å². The Morgan fingerprint density at radius 2 is 2.38 bits per heavy atom. The first-order chi connectivity index (χ1) is 10.3. The highest BCUT2D eigenvalue weighted by Gasteiger charge is 2.42. The molecule has 2 aromatic heterocycles. The molecule has 6 heteroatoms. The highest BCUT2D eigenvalue weighted by Crippen LogP contribution is 2.48. The van der Waals surface area contributed by atoms with Gasteiger partial charge in [0.25, 0.3) is 5.91 Å². The van der Waals surface area contributed by atoms with E-state index in [1.807, 2.05) is 23.2 Å². The van der Waals surface area contributed by atoms with Crippen LogP contribution in [0, 0.1) is 5.92 Å². The summed E-state index contributed by atoms with van der Waals surface area (Å²) in [6, 6.07) is 2.42. The molecule has 1 N–H and O–H groups in total. The first kappa shape index (κ1) is 13.0. The molecule has 0 bridgehead atoms. The van der Waals surface area contributed by atoms with Crippen LogP contribution in [0.5, 0.6) is 0 Å². The molecule has 2 aliphatic rings. The molecule has 1 aliphatic carbocycles. The third kappa shape index (κ3) is 2.18. The predicted octanol–water partition coefficient (Wildman–Crippen LogP) is 2.58. The molecule has 1 fully saturated rings. The SMILES string of the molecule is CCc1nc(C(=O)N2CCc3sccc3C2C2CC2)n[nH]1. The maximum Gasteiger partial charge on any atom is 0.294 e. The minimum atomic E-state index is -0.0281. The van der Waals surface area contributed by atoms with Crippen LogP contribution < -0.4 is 0 Å². The van der Waals surface area contributed by atoms with E-state index in [4.69, 9.17) is 0 Å². The lowest BCUT2D eigenvalue weighted by molar-refractivity contribution is 0.0624. The number of aromatic amines is 1. The number of aromatic nitrogens is 3. The number of H-pyrrole nitrogens is 1. The third-order valence-corrected chi connectivity index (χ3v) is 5.40. The molecule has 1 atom stereocenters. The molecule has 0 spiro atoms. The summed E-state index contributed by atoms with van der Waals surface area (Å²) in [4.78, 5) is 20.5. The van der Waals surface area contributed by atoms with Crippen LogP contribution in [0.2, 0.25) is 0 Å². The zero-order chi connectivity index (χ0) is 14.4. The van der Waals surface area contributed by atoms with Crippen LogP contribution in [0.25, 0.3) is 0 Å². The number of nitrogens with one attached hydrogen (secondary N) is 1. The topological polar surface area (TPSA) is 61.9 Å². The van der Waals surface area contributed by atoms with Crippen LogP contribution >= 0.6 is 11.3 Å². The summed E-state index contributed by atoms with van der Waals surface area (Å²) in [5.41, 5.74) is 1.35. The van der Waals surface area contributed by atoms with Crippen molar-refractivity contribution in [2.45, 2.75) is 38.6 Å². The number of rotatable bonds is 3. The maximum absolute atomic E-state index is 12.8. The van der Waals surface area contributed by atoms with Gasteiger partial charge < -0.3 is 4.90 Å². The molecule has 0 saturated heterocycles. The fraction of sp³-hybridized carbons (Fsp3) is 0.533. The second-order valence-electron chi connectivity index (χ2n) is 5.79. The lowest BCUT2D eigenvalue weighted by Gasteiger charge is -2.35. The number of amides is 1. The Kier molecular flexibility index (Phi) is 3.06. The molecule has 1 saturated carbocycles. The number of nitrogens with zero attached hydrogens (tertiary/aromatic N) is 3. The van der Waals surface area contributed by atoms with Gasteiger partial charge >= 0.3 is 0 Å². The van der Waals surface area contributed by atoms with Gasteiger partial charge in [-0.05, 0) is 42.2 Å². The van der Waals surface area contributed by atoms with Crippen molar-refractivity contribution in [2.24, 2.45) is 5.92 Å². The Balaban J connectivity index is 1.66. The fourth-order valence-corrected chi connectivity index (χ4v) is 4.08. The van der Waals surface area contributed by atoms with Gasteiger partial charge in [-0.2, -0.15) is 0 Å². The number of hydrogen-bond donors (Lipinski definition) is 1. The quantitative estimate of drug-likeness (QED) is 0.948. The van der Waals surface area contributed by atoms with Crippen LogP contribution in [-0.4, -0.2) is 32.5 Å². The molecule has 110 valence electrons. The molecule has 0 aromatic carbocycles. The lowest BCUT2D eigenvalue weighted by atomic mass is 9.96. The molecule has 5 nitrogen and oxygen atoms in total. The van der Waals surface area contributed by atoms with Gasteiger partial charge in [0.1, 0.15) is 5.82 Å². The highest BCUT2D eigenvalue weighted by molar-refractivity contribution is 7.10. The lowest BCUT2D eigenvalue weighted by Crippen LogP contribution is -2.41. The summed E-state index contributed by atoms with van der Waals surface area (Å²) in [6.07, 6.45) is 4.16. The standard InChI is InChI=1S/C15H18N4OS/c1-2-12-16-14(18-17-12)15(20)19-7-5-11-10(6-8-21-11)13(19)9-3-4-9/h6,8-9,13H,2-5,7H2,1H3,(H,16,17,18). The Labute approximate surface area is 127 Å². The van der Waals surface area contributed by atoms with E-state index >= 15 is 0 Å². The molecule has 0 radical (unpaired) electrons. The minimum Gasteiger partial charge on any atom is -0.328 e. The Morgan fingerprint density at radius 1 is 1.52 bits per heavy atom.